The highest BCUT2D eigenvalue weighted by Crippen LogP contribution is 2.30. The Morgan fingerprint density at radius 3 is 2.70 bits per heavy atom. The predicted octanol–water partition coefficient (Wildman–Crippen LogP) is 1.38. The van der Waals surface area contributed by atoms with Crippen molar-refractivity contribution in [2.45, 2.75) is 16.7 Å². The molecule has 1 atom stereocenters. The number of hydrogen-bond acceptors (Lipinski definition) is 7. The molecule has 8 nitrogen and oxygen atoms in total. The molecule has 0 saturated carbocycles. The van der Waals surface area contributed by atoms with Crippen molar-refractivity contribution in [3.05, 3.63) is 28.1 Å². The number of rotatable bonds is 6. The lowest BCUT2D eigenvalue weighted by Gasteiger charge is -2.33. The maximum Gasteiger partial charge on any atom is 0.264 e. The van der Waals surface area contributed by atoms with E-state index in [1.807, 2.05) is 0 Å². The van der Waals surface area contributed by atoms with Crippen LogP contribution in [0.25, 0.3) is 0 Å². The molecular weight excluding hydrogens is 458 g/mol. The van der Waals surface area contributed by atoms with Gasteiger partial charge < -0.3 is 4.74 Å². The number of thiophene rings is 1. The smallest absolute Gasteiger partial charge is 0.264 e. The minimum Gasteiger partial charge on any atom is -0.379 e. The van der Waals surface area contributed by atoms with E-state index < -0.39 is 22.0 Å². The summed E-state index contributed by atoms with van der Waals surface area (Å²) < 4.78 is 34.0. The first kappa shape index (κ1) is 20.9. The Morgan fingerprint density at radius 1 is 1.30 bits per heavy atom. The van der Waals surface area contributed by atoms with Crippen molar-refractivity contribution in [2.24, 2.45) is 0 Å². The molecule has 1 fully saturated rings. The number of ether oxygens (including phenoxy) is 1. The molecular formula is C16H22BrN3O5S2. The van der Waals surface area contributed by atoms with Gasteiger partial charge in [0.05, 0.1) is 23.5 Å². The van der Waals surface area contributed by atoms with Gasteiger partial charge in [0.25, 0.3) is 15.9 Å². The van der Waals surface area contributed by atoms with Crippen molar-refractivity contribution in [1.82, 2.24) is 14.3 Å². The number of halogens is 1. The first-order valence-electron chi connectivity index (χ1n) is 8.62. The molecule has 0 aliphatic carbocycles. The zero-order valence-corrected chi connectivity index (χ0v) is 17.9. The average Bonchev–Trinajstić information content (AvgIpc) is 3.04. The molecule has 0 radical (unpaired) electrons. The molecule has 1 amide bonds. The summed E-state index contributed by atoms with van der Waals surface area (Å²) in [4.78, 5) is 14.7. The van der Waals surface area contributed by atoms with E-state index in [-0.39, 0.29) is 23.7 Å². The van der Waals surface area contributed by atoms with Crippen LogP contribution in [0.1, 0.15) is 6.42 Å². The first-order chi connectivity index (χ1) is 12.9. The van der Waals surface area contributed by atoms with E-state index in [2.05, 4.69) is 20.8 Å². The first-order valence-corrected chi connectivity index (χ1v) is 11.7. The van der Waals surface area contributed by atoms with Crippen LogP contribution in [0.5, 0.6) is 0 Å². The Bertz CT molecular complexity index is 792. The fraction of sp³-hybridized carbons (Fsp3) is 0.562. The van der Waals surface area contributed by atoms with E-state index in [9.17, 15) is 18.4 Å². The summed E-state index contributed by atoms with van der Waals surface area (Å²) in [5.74, 6) is -0.610. The van der Waals surface area contributed by atoms with Gasteiger partial charge in [0.2, 0.25) is 0 Å². The standard InChI is InChI=1S/C16H22BrN3O5S2/c17-14-4-5-15(26-14)27(23,24)20(8-7-18-9-11-25-12-10-18)13-3-1-2-6-19(22)16(13)21/h1-2,4-5,13,22H,3,6-12H2. The van der Waals surface area contributed by atoms with Gasteiger partial charge in [-0.05, 0) is 34.5 Å². The number of nitrogens with zero attached hydrogens (tertiary/aromatic N) is 3. The Kier molecular flexibility index (Phi) is 7.06. The van der Waals surface area contributed by atoms with E-state index in [1.54, 1.807) is 18.2 Å². The molecule has 0 spiro atoms. The zero-order valence-electron chi connectivity index (χ0n) is 14.7. The zero-order chi connectivity index (χ0) is 19.4. The van der Waals surface area contributed by atoms with Crippen molar-refractivity contribution in [3.8, 4) is 0 Å². The van der Waals surface area contributed by atoms with Gasteiger partial charge in [0.1, 0.15) is 10.3 Å². The van der Waals surface area contributed by atoms with Gasteiger partial charge in [-0.1, -0.05) is 12.2 Å². The van der Waals surface area contributed by atoms with Gasteiger partial charge in [0.15, 0.2) is 0 Å². The summed E-state index contributed by atoms with van der Waals surface area (Å²) >= 11 is 4.40. The minimum atomic E-state index is -3.88. The maximum atomic E-state index is 13.3. The fourth-order valence-corrected chi connectivity index (χ4v) is 6.79. The van der Waals surface area contributed by atoms with Gasteiger partial charge in [0, 0.05) is 26.2 Å². The number of amides is 1. The van der Waals surface area contributed by atoms with Crippen LogP contribution >= 0.6 is 27.3 Å². The predicted molar refractivity (Wildman–Crippen MR) is 104 cm³/mol. The Balaban J connectivity index is 1.87. The summed E-state index contributed by atoms with van der Waals surface area (Å²) in [6.07, 6.45) is 3.62. The van der Waals surface area contributed by atoms with E-state index in [4.69, 9.17) is 4.74 Å². The lowest BCUT2D eigenvalue weighted by Crippen LogP contribution is -2.52. The summed E-state index contributed by atoms with van der Waals surface area (Å²) in [6.45, 7) is 3.38. The molecule has 150 valence electrons. The SMILES string of the molecule is O=C1C(N(CCN2CCOCC2)S(=O)(=O)c2ccc(Br)s2)CC=CCN1O. The van der Waals surface area contributed by atoms with Gasteiger partial charge in [-0.2, -0.15) is 4.31 Å². The molecule has 1 saturated heterocycles. The molecule has 2 aliphatic rings. The van der Waals surface area contributed by atoms with Gasteiger partial charge >= 0.3 is 0 Å². The second-order valence-electron chi connectivity index (χ2n) is 6.27. The third kappa shape index (κ3) is 4.97. The highest BCUT2D eigenvalue weighted by molar-refractivity contribution is 9.11. The van der Waals surface area contributed by atoms with Crippen LogP contribution < -0.4 is 0 Å². The lowest BCUT2D eigenvalue weighted by molar-refractivity contribution is -0.166. The molecule has 2 aliphatic heterocycles. The van der Waals surface area contributed by atoms with Crippen molar-refractivity contribution >= 4 is 43.2 Å². The van der Waals surface area contributed by atoms with E-state index in [1.165, 1.54) is 10.4 Å². The van der Waals surface area contributed by atoms with Gasteiger partial charge in [-0.25, -0.2) is 13.5 Å². The van der Waals surface area contributed by atoms with Crippen molar-refractivity contribution < 1.29 is 23.2 Å². The number of hydrogen-bond donors (Lipinski definition) is 1. The second kappa shape index (κ2) is 9.12. The largest absolute Gasteiger partial charge is 0.379 e. The van der Waals surface area contributed by atoms with Crippen molar-refractivity contribution in [1.29, 1.82) is 0 Å². The van der Waals surface area contributed by atoms with Crippen LogP contribution in [-0.4, -0.2) is 85.8 Å². The summed E-state index contributed by atoms with van der Waals surface area (Å²) in [6, 6.07) is 2.23. The van der Waals surface area contributed by atoms with Gasteiger partial charge in [-0.3, -0.25) is 14.9 Å². The van der Waals surface area contributed by atoms with Crippen LogP contribution in [0.2, 0.25) is 0 Å². The normalized spacial score (nSPS) is 22.4. The highest BCUT2D eigenvalue weighted by Gasteiger charge is 2.38. The molecule has 1 unspecified atom stereocenters. The second-order valence-corrected chi connectivity index (χ2v) is 10.9. The average molecular weight is 480 g/mol. The Hall–Kier alpha value is -0.820. The molecule has 3 rings (SSSR count). The lowest BCUT2D eigenvalue weighted by atomic mass is 10.2. The van der Waals surface area contributed by atoms with Crippen LogP contribution in [-0.2, 0) is 19.6 Å². The van der Waals surface area contributed by atoms with Crippen LogP contribution in [0, 0.1) is 0 Å². The third-order valence-corrected chi connectivity index (χ3v) is 8.54. The topological polar surface area (TPSA) is 90.4 Å². The van der Waals surface area contributed by atoms with Crippen molar-refractivity contribution in [2.75, 3.05) is 45.9 Å². The van der Waals surface area contributed by atoms with Crippen LogP contribution in [0.3, 0.4) is 0 Å². The van der Waals surface area contributed by atoms with E-state index in [0.29, 0.717) is 28.6 Å². The van der Waals surface area contributed by atoms with E-state index in [0.717, 1.165) is 24.4 Å². The van der Waals surface area contributed by atoms with Crippen LogP contribution in [0.4, 0.5) is 0 Å². The molecule has 1 aromatic heterocycles. The maximum absolute atomic E-state index is 13.3. The van der Waals surface area contributed by atoms with Gasteiger partial charge in [-0.15, -0.1) is 11.3 Å². The molecule has 3 heterocycles. The summed E-state index contributed by atoms with van der Waals surface area (Å²) in [5, 5.41) is 10.5. The number of carbonyl (C=O) groups excluding carboxylic acids is 1. The molecule has 0 aromatic carbocycles. The van der Waals surface area contributed by atoms with E-state index >= 15 is 0 Å². The Labute approximate surface area is 171 Å². The van der Waals surface area contributed by atoms with Crippen LogP contribution in [0.15, 0.2) is 32.3 Å². The summed E-state index contributed by atoms with van der Waals surface area (Å²) in [7, 11) is -3.88. The highest BCUT2D eigenvalue weighted by atomic mass is 79.9. The number of carbonyl (C=O) groups is 1. The molecule has 11 heteroatoms. The molecule has 1 aromatic rings. The minimum absolute atomic E-state index is 0.0528. The third-order valence-electron chi connectivity index (χ3n) is 4.54. The molecule has 0 bridgehead atoms. The number of morpholine rings is 1. The molecule has 27 heavy (non-hydrogen) atoms. The Morgan fingerprint density at radius 2 is 2.04 bits per heavy atom. The van der Waals surface area contributed by atoms with Crippen molar-refractivity contribution in [3.63, 3.8) is 0 Å². The molecule has 1 N–H and O–H groups in total. The monoisotopic (exact) mass is 479 g/mol. The number of hydroxylamine groups is 2. The number of sulfonamides is 1. The quantitative estimate of drug-likeness (QED) is 0.489. The fourth-order valence-electron chi connectivity index (χ4n) is 3.06. The summed E-state index contributed by atoms with van der Waals surface area (Å²) in [5.41, 5.74) is 0.